The molecule has 0 aromatic carbocycles. The van der Waals surface area contributed by atoms with Crippen LogP contribution in [0.1, 0.15) is 34.1 Å². The zero-order valence-corrected chi connectivity index (χ0v) is 19.6. The molecule has 0 aliphatic carbocycles. The summed E-state index contributed by atoms with van der Waals surface area (Å²) in [7, 11) is 1.64. The first-order valence-electron chi connectivity index (χ1n) is 9.17. The first-order chi connectivity index (χ1) is 12.4. The summed E-state index contributed by atoms with van der Waals surface area (Å²) in [5.41, 5.74) is -0.532. The maximum atomic E-state index is 12.8. The molecule has 1 aliphatic rings. The van der Waals surface area contributed by atoms with Gasteiger partial charge in [0, 0.05) is 46.3 Å². The van der Waals surface area contributed by atoms with E-state index in [0.717, 1.165) is 0 Å². The van der Waals surface area contributed by atoms with E-state index >= 15 is 0 Å². The molecule has 0 saturated carbocycles. The van der Waals surface area contributed by atoms with Crippen molar-refractivity contribution in [2.24, 2.45) is 4.99 Å². The number of halogens is 4. The summed E-state index contributed by atoms with van der Waals surface area (Å²) in [4.78, 5) is 19.1. The number of hydrogen-bond acceptors (Lipinski definition) is 4. The van der Waals surface area contributed by atoms with Gasteiger partial charge in [-0.2, -0.15) is 13.2 Å². The van der Waals surface area contributed by atoms with Crippen LogP contribution >= 0.6 is 24.0 Å². The molecule has 1 unspecified atom stereocenters. The maximum absolute atomic E-state index is 12.8. The number of guanidine groups is 1. The lowest BCUT2D eigenvalue weighted by molar-refractivity contribution is -0.181. The van der Waals surface area contributed by atoms with Gasteiger partial charge in [-0.15, -0.1) is 24.0 Å². The van der Waals surface area contributed by atoms with Gasteiger partial charge in [-0.1, -0.05) is 0 Å². The predicted molar refractivity (Wildman–Crippen MR) is 114 cm³/mol. The first-order valence-corrected chi connectivity index (χ1v) is 9.17. The molecule has 0 aromatic heterocycles. The molecule has 7 nitrogen and oxygen atoms in total. The molecule has 1 saturated heterocycles. The van der Waals surface area contributed by atoms with Gasteiger partial charge in [0.2, 0.25) is 0 Å². The lowest BCUT2D eigenvalue weighted by Gasteiger charge is -2.39. The molecule has 2 N–H and O–H groups in total. The van der Waals surface area contributed by atoms with Gasteiger partial charge < -0.3 is 20.3 Å². The fourth-order valence-corrected chi connectivity index (χ4v) is 2.65. The highest BCUT2D eigenvalue weighted by atomic mass is 127. The van der Waals surface area contributed by atoms with E-state index in [1.165, 1.54) is 11.8 Å². The molecule has 1 heterocycles. The monoisotopic (exact) mass is 523 g/mol. The predicted octanol–water partition coefficient (Wildman–Crippen LogP) is 2.66. The molecule has 0 bridgehead atoms. The van der Waals surface area contributed by atoms with Crippen LogP contribution in [0.25, 0.3) is 0 Å². The third-order valence-corrected chi connectivity index (χ3v) is 4.15. The standard InChI is InChI=1S/C17H32F3N5O2.HI/c1-13(17(18,19)20)24-9-11-25(12-10-24)14(21-5)22-7-6-8-23-15(26)27-16(2,3)4;/h13H,6-12H2,1-5H3,(H,21,22)(H,23,26);1H. The molecule has 1 amide bonds. The van der Waals surface area contributed by atoms with E-state index < -0.39 is 23.9 Å². The highest BCUT2D eigenvalue weighted by molar-refractivity contribution is 14.0. The average Bonchev–Trinajstić information content (AvgIpc) is 2.55. The maximum Gasteiger partial charge on any atom is 0.407 e. The number of alkyl carbamates (subject to hydrolysis) is 1. The lowest BCUT2D eigenvalue weighted by atomic mass is 10.2. The Hall–Kier alpha value is -0.980. The number of hydrogen-bond donors (Lipinski definition) is 2. The lowest BCUT2D eigenvalue weighted by Crippen LogP contribution is -2.56. The SMILES string of the molecule is CN=C(NCCCNC(=O)OC(C)(C)C)N1CCN(C(C)C(F)(F)F)CC1.I. The zero-order chi connectivity index (χ0) is 20.7. The second-order valence-corrected chi connectivity index (χ2v) is 7.50. The van der Waals surface area contributed by atoms with Gasteiger partial charge in [0.25, 0.3) is 0 Å². The number of aliphatic imine (C=N–C) groups is 1. The number of piperazine rings is 1. The summed E-state index contributed by atoms with van der Waals surface area (Å²) in [5.74, 6) is 0.659. The minimum absolute atomic E-state index is 0. The summed E-state index contributed by atoms with van der Waals surface area (Å²) in [6.07, 6.45) is -3.99. The molecule has 11 heteroatoms. The van der Waals surface area contributed by atoms with Gasteiger partial charge in [0.05, 0.1) is 0 Å². The molecule has 0 radical (unpaired) electrons. The molecule has 1 rings (SSSR count). The van der Waals surface area contributed by atoms with Crippen molar-refractivity contribution in [1.82, 2.24) is 20.4 Å². The van der Waals surface area contributed by atoms with E-state index in [1.54, 1.807) is 27.8 Å². The van der Waals surface area contributed by atoms with E-state index in [1.807, 2.05) is 4.90 Å². The van der Waals surface area contributed by atoms with Crippen molar-refractivity contribution in [1.29, 1.82) is 0 Å². The Bertz CT molecular complexity index is 504. The highest BCUT2D eigenvalue weighted by Crippen LogP contribution is 2.25. The number of amides is 1. The first kappa shape index (κ1) is 27.0. The number of ether oxygens (including phenoxy) is 1. The van der Waals surface area contributed by atoms with Crippen LogP contribution in [0.3, 0.4) is 0 Å². The van der Waals surface area contributed by atoms with Crippen LogP contribution in [0.2, 0.25) is 0 Å². The van der Waals surface area contributed by atoms with E-state index in [2.05, 4.69) is 15.6 Å². The molecule has 28 heavy (non-hydrogen) atoms. The van der Waals surface area contributed by atoms with Crippen LogP contribution in [-0.4, -0.2) is 86.0 Å². The average molecular weight is 523 g/mol. The van der Waals surface area contributed by atoms with Crippen LogP contribution in [-0.2, 0) is 4.74 Å². The smallest absolute Gasteiger partial charge is 0.407 e. The van der Waals surface area contributed by atoms with Crippen LogP contribution < -0.4 is 10.6 Å². The second kappa shape index (κ2) is 11.9. The van der Waals surface area contributed by atoms with Crippen molar-refractivity contribution < 1.29 is 22.7 Å². The third-order valence-electron chi connectivity index (χ3n) is 4.15. The normalized spacial score (nSPS) is 17.6. The summed E-state index contributed by atoms with van der Waals surface area (Å²) in [6.45, 7) is 9.27. The van der Waals surface area contributed by atoms with E-state index in [9.17, 15) is 18.0 Å². The Morgan fingerprint density at radius 1 is 1.11 bits per heavy atom. The Morgan fingerprint density at radius 2 is 1.64 bits per heavy atom. The van der Waals surface area contributed by atoms with Crippen molar-refractivity contribution >= 4 is 36.0 Å². The number of carbonyl (C=O) groups excluding carboxylic acids is 1. The Morgan fingerprint density at radius 3 is 2.11 bits per heavy atom. The second-order valence-electron chi connectivity index (χ2n) is 7.50. The largest absolute Gasteiger partial charge is 0.444 e. The van der Waals surface area contributed by atoms with E-state index in [4.69, 9.17) is 4.74 Å². The van der Waals surface area contributed by atoms with Crippen LogP contribution in [0.5, 0.6) is 0 Å². The number of alkyl halides is 3. The molecule has 1 aliphatic heterocycles. The minimum atomic E-state index is -4.21. The van der Waals surface area contributed by atoms with Crippen LogP contribution in [0.15, 0.2) is 4.99 Å². The summed E-state index contributed by atoms with van der Waals surface area (Å²) >= 11 is 0. The van der Waals surface area contributed by atoms with Crippen LogP contribution in [0.4, 0.5) is 18.0 Å². The van der Waals surface area contributed by atoms with E-state index in [-0.39, 0.29) is 24.0 Å². The Balaban J connectivity index is 0.00000729. The number of carbonyl (C=O) groups is 1. The molecule has 1 atom stereocenters. The van der Waals surface area contributed by atoms with Gasteiger partial charge in [0.1, 0.15) is 11.6 Å². The van der Waals surface area contributed by atoms with Crippen molar-refractivity contribution in [2.45, 2.75) is 51.9 Å². The number of nitrogens with zero attached hydrogens (tertiary/aromatic N) is 3. The van der Waals surface area contributed by atoms with Gasteiger partial charge in [0.15, 0.2) is 5.96 Å². The van der Waals surface area contributed by atoms with Crippen molar-refractivity contribution in [3.05, 3.63) is 0 Å². The fraction of sp³-hybridized carbons (Fsp3) is 0.882. The molecular weight excluding hydrogens is 490 g/mol. The summed E-state index contributed by atoms with van der Waals surface area (Å²) in [5, 5.41) is 5.85. The zero-order valence-electron chi connectivity index (χ0n) is 17.2. The fourth-order valence-electron chi connectivity index (χ4n) is 2.65. The van der Waals surface area contributed by atoms with Gasteiger partial charge in [-0.05, 0) is 34.1 Å². The minimum Gasteiger partial charge on any atom is -0.444 e. The molecule has 0 aromatic rings. The summed E-state index contributed by atoms with van der Waals surface area (Å²) in [6, 6.07) is -1.44. The van der Waals surface area contributed by atoms with Crippen molar-refractivity contribution in [3.8, 4) is 0 Å². The topological polar surface area (TPSA) is 69.2 Å². The van der Waals surface area contributed by atoms with Gasteiger partial charge in [-0.25, -0.2) is 4.79 Å². The van der Waals surface area contributed by atoms with Crippen molar-refractivity contribution in [2.75, 3.05) is 46.3 Å². The quantitative estimate of drug-likeness (QED) is 0.251. The number of rotatable bonds is 5. The molecule has 0 spiro atoms. The van der Waals surface area contributed by atoms with Crippen molar-refractivity contribution in [3.63, 3.8) is 0 Å². The molecule has 1 fully saturated rings. The Labute approximate surface area is 182 Å². The molecular formula is C17H33F3IN5O2. The molecule has 166 valence electrons. The summed E-state index contributed by atoms with van der Waals surface area (Å²) < 4.78 is 43.6. The number of nitrogens with one attached hydrogen (secondary N) is 2. The van der Waals surface area contributed by atoms with Crippen LogP contribution in [0, 0.1) is 0 Å². The van der Waals surface area contributed by atoms with Gasteiger partial charge >= 0.3 is 12.3 Å². The third kappa shape index (κ3) is 9.99. The van der Waals surface area contributed by atoms with Gasteiger partial charge in [-0.3, -0.25) is 9.89 Å². The Kier molecular flexibility index (Phi) is 11.5. The highest BCUT2D eigenvalue weighted by Gasteiger charge is 2.41. The van der Waals surface area contributed by atoms with E-state index in [0.29, 0.717) is 51.6 Å².